The predicted octanol–water partition coefficient (Wildman–Crippen LogP) is 1.99. The van der Waals surface area contributed by atoms with Crippen molar-refractivity contribution in [2.45, 2.75) is 25.9 Å². The summed E-state index contributed by atoms with van der Waals surface area (Å²) in [7, 11) is 0. The fourth-order valence-electron chi connectivity index (χ4n) is 2.18. The van der Waals surface area contributed by atoms with Crippen molar-refractivity contribution in [2.75, 3.05) is 6.61 Å². The molecule has 1 aromatic carbocycles. The molecule has 0 aliphatic carbocycles. The van der Waals surface area contributed by atoms with E-state index in [-0.39, 0.29) is 6.04 Å². The van der Waals surface area contributed by atoms with Crippen LogP contribution in [0.5, 0.6) is 5.75 Å². The van der Waals surface area contributed by atoms with Gasteiger partial charge in [0.15, 0.2) is 5.82 Å². The molecule has 18 heavy (non-hydrogen) atoms. The molecule has 1 N–H and O–H groups in total. The van der Waals surface area contributed by atoms with Crippen molar-refractivity contribution in [3.63, 3.8) is 0 Å². The fourth-order valence-corrected chi connectivity index (χ4v) is 2.18. The molecule has 1 atom stereocenters. The van der Waals surface area contributed by atoms with Crippen molar-refractivity contribution in [3.05, 3.63) is 41.5 Å². The number of ether oxygens (including phenoxy) is 1. The van der Waals surface area contributed by atoms with Crippen LogP contribution in [-0.2, 0) is 6.54 Å². The van der Waals surface area contributed by atoms with Crippen molar-refractivity contribution in [3.8, 4) is 5.75 Å². The Hall–Kier alpha value is -1.88. The van der Waals surface area contributed by atoms with E-state index in [2.05, 4.69) is 21.5 Å². The highest BCUT2D eigenvalue weighted by atomic mass is 16.5. The molecule has 5 heteroatoms. The number of hydrogen-bond donors (Lipinski definition) is 1. The summed E-state index contributed by atoms with van der Waals surface area (Å²) in [4.78, 5) is 4.18. The monoisotopic (exact) mass is 245 g/mol. The molecule has 0 amide bonds. The van der Waals surface area contributed by atoms with Crippen LogP contribution >= 0.6 is 0 Å². The summed E-state index contributed by atoms with van der Waals surface area (Å²) >= 11 is 0. The highest BCUT2D eigenvalue weighted by Crippen LogP contribution is 2.31. The van der Waals surface area contributed by atoms with Crippen LogP contribution in [0.4, 0.5) is 0 Å². The highest BCUT2D eigenvalue weighted by Gasteiger charge is 2.20. The minimum atomic E-state index is 0.286. The molecule has 0 radical (unpaired) electrons. The molecule has 0 saturated heterocycles. The zero-order chi connectivity index (χ0) is 12.4. The Morgan fingerprint density at radius 1 is 1.39 bits per heavy atom. The van der Waals surface area contributed by atoms with Gasteiger partial charge in [0, 0.05) is 24.9 Å². The third kappa shape index (κ3) is 2.22. The van der Waals surface area contributed by atoms with Gasteiger partial charge in [-0.3, -0.25) is 0 Å². The van der Waals surface area contributed by atoms with Crippen LogP contribution in [0.15, 0.2) is 28.8 Å². The molecule has 1 aliphatic heterocycles. The van der Waals surface area contributed by atoms with E-state index in [1.807, 2.05) is 18.2 Å². The van der Waals surface area contributed by atoms with Crippen LogP contribution in [0, 0.1) is 6.92 Å². The third-order valence-corrected chi connectivity index (χ3v) is 3.03. The first kappa shape index (κ1) is 11.2. The molecular formula is C13H15N3O2. The lowest BCUT2D eigenvalue weighted by Gasteiger charge is -2.26. The maximum atomic E-state index is 5.62. The van der Waals surface area contributed by atoms with Gasteiger partial charge in [-0.15, -0.1) is 0 Å². The van der Waals surface area contributed by atoms with E-state index in [9.17, 15) is 0 Å². The summed E-state index contributed by atoms with van der Waals surface area (Å²) < 4.78 is 10.6. The molecule has 0 saturated carbocycles. The van der Waals surface area contributed by atoms with E-state index in [0.29, 0.717) is 18.3 Å². The van der Waals surface area contributed by atoms with Gasteiger partial charge in [0.05, 0.1) is 13.2 Å². The molecular weight excluding hydrogens is 230 g/mol. The van der Waals surface area contributed by atoms with Crippen LogP contribution in [-0.4, -0.2) is 16.7 Å². The van der Waals surface area contributed by atoms with Crippen molar-refractivity contribution in [1.82, 2.24) is 15.5 Å². The number of fused-ring (bicyclic) bond motifs is 1. The first-order valence-corrected chi connectivity index (χ1v) is 6.07. The summed E-state index contributed by atoms with van der Waals surface area (Å²) in [6.07, 6.45) is 0.952. The second-order valence-electron chi connectivity index (χ2n) is 4.34. The number of nitrogens with one attached hydrogen (secondary N) is 1. The SMILES string of the molecule is Cc1nc(CNC2CCOc3ccccc32)no1. The van der Waals surface area contributed by atoms with Gasteiger partial charge in [0.2, 0.25) is 5.89 Å². The highest BCUT2D eigenvalue weighted by molar-refractivity contribution is 5.37. The van der Waals surface area contributed by atoms with Gasteiger partial charge in [-0.25, -0.2) is 0 Å². The number of aryl methyl sites for hydroxylation is 1. The maximum absolute atomic E-state index is 5.62. The zero-order valence-electron chi connectivity index (χ0n) is 10.2. The quantitative estimate of drug-likeness (QED) is 0.896. The molecule has 2 aromatic rings. The first-order valence-electron chi connectivity index (χ1n) is 6.07. The predicted molar refractivity (Wildman–Crippen MR) is 65.2 cm³/mol. The molecule has 5 nitrogen and oxygen atoms in total. The summed E-state index contributed by atoms with van der Waals surface area (Å²) in [5.41, 5.74) is 1.20. The van der Waals surface area contributed by atoms with Gasteiger partial charge < -0.3 is 14.6 Å². The molecule has 0 spiro atoms. The van der Waals surface area contributed by atoms with Crippen molar-refractivity contribution >= 4 is 0 Å². The maximum Gasteiger partial charge on any atom is 0.223 e. The van der Waals surface area contributed by atoms with Crippen LogP contribution in [0.1, 0.15) is 29.7 Å². The van der Waals surface area contributed by atoms with Crippen molar-refractivity contribution in [2.24, 2.45) is 0 Å². The van der Waals surface area contributed by atoms with E-state index in [1.165, 1.54) is 5.56 Å². The van der Waals surface area contributed by atoms with Crippen molar-refractivity contribution in [1.29, 1.82) is 0 Å². The Morgan fingerprint density at radius 2 is 2.28 bits per heavy atom. The Bertz CT molecular complexity index is 539. The van der Waals surface area contributed by atoms with Gasteiger partial charge in [-0.1, -0.05) is 23.4 Å². The van der Waals surface area contributed by atoms with E-state index < -0.39 is 0 Å². The zero-order valence-corrected chi connectivity index (χ0v) is 10.2. The number of rotatable bonds is 3. The van der Waals surface area contributed by atoms with Gasteiger partial charge in [-0.2, -0.15) is 4.98 Å². The number of para-hydroxylation sites is 1. The number of benzene rings is 1. The largest absolute Gasteiger partial charge is 0.493 e. The molecule has 3 rings (SSSR count). The standard InChI is InChI=1S/C13H15N3O2/c1-9-15-13(16-18-9)8-14-11-6-7-17-12-5-3-2-4-10(11)12/h2-5,11,14H,6-8H2,1H3. The van der Waals surface area contributed by atoms with Gasteiger partial charge in [0.1, 0.15) is 5.75 Å². The van der Waals surface area contributed by atoms with E-state index in [0.717, 1.165) is 18.8 Å². The molecule has 1 aromatic heterocycles. The number of nitrogens with zero attached hydrogens (tertiary/aromatic N) is 2. The molecule has 1 unspecified atom stereocenters. The third-order valence-electron chi connectivity index (χ3n) is 3.03. The Balaban J connectivity index is 1.71. The summed E-state index contributed by atoms with van der Waals surface area (Å²) in [5, 5.41) is 7.32. The summed E-state index contributed by atoms with van der Waals surface area (Å²) in [6, 6.07) is 8.40. The van der Waals surface area contributed by atoms with Crippen LogP contribution < -0.4 is 10.1 Å². The average molecular weight is 245 g/mol. The molecule has 1 aliphatic rings. The lowest BCUT2D eigenvalue weighted by Crippen LogP contribution is -2.27. The van der Waals surface area contributed by atoms with E-state index in [4.69, 9.17) is 9.26 Å². The molecule has 0 bridgehead atoms. The normalized spacial score (nSPS) is 18.2. The second kappa shape index (κ2) is 4.78. The number of aromatic nitrogens is 2. The Labute approximate surface area is 105 Å². The average Bonchev–Trinajstić information content (AvgIpc) is 2.82. The van der Waals surface area contributed by atoms with Gasteiger partial charge in [-0.05, 0) is 6.07 Å². The summed E-state index contributed by atoms with van der Waals surface area (Å²) in [6.45, 7) is 3.14. The molecule has 94 valence electrons. The van der Waals surface area contributed by atoms with Gasteiger partial charge in [0.25, 0.3) is 0 Å². The number of hydrogen-bond acceptors (Lipinski definition) is 5. The van der Waals surface area contributed by atoms with Crippen molar-refractivity contribution < 1.29 is 9.26 Å². The lowest BCUT2D eigenvalue weighted by atomic mass is 10.0. The van der Waals surface area contributed by atoms with E-state index >= 15 is 0 Å². The van der Waals surface area contributed by atoms with Crippen LogP contribution in [0.2, 0.25) is 0 Å². The smallest absolute Gasteiger partial charge is 0.223 e. The molecule has 2 heterocycles. The van der Waals surface area contributed by atoms with E-state index in [1.54, 1.807) is 6.92 Å². The summed E-state index contributed by atoms with van der Waals surface area (Å²) in [5.74, 6) is 2.25. The minimum absolute atomic E-state index is 0.286. The fraction of sp³-hybridized carbons (Fsp3) is 0.385. The van der Waals surface area contributed by atoms with Gasteiger partial charge >= 0.3 is 0 Å². The first-order chi connectivity index (χ1) is 8.83. The minimum Gasteiger partial charge on any atom is -0.493 e. The Morgan fingerprint density at radius 3 is 3.11 bits per heavy atom. The lowest BCUT2D eigenvalue weighted by molar-refractivity contribution is 0.251. The van der Waals surface area contributed by atoms with Crippen LogP contribution in [0.3, 0.4) is 0 Å². The second-order valence-corrected chi connectivity index (χ2v) is 4.34. The topological polar surface area (TPSA) is 60.2 Å². The molecule has 0 fully saturated rings. The van der Waals surface area contributed by atoms with Crippen LogP contribution in [0.25, 0.3) is 0 Å². The Kier molecular flexibility index (Phi) is 2.98.